The third kappa shape index (κ3) is 4.01. The number of esters is 1. The van der Waals surface area contributed by atoms with Gasteiger partial charge in [-0.2, -0.15) is 0 Å². The number of aliphatic imine (C=N–C) groups is 1. The number of amidine groups is 1. The zero-order valence-corrected chi connectivity index (χ0v) is 16.3. The molecule has 8 heteroatoms. The van der Waals surface area contributed by atoms with Crippen LogP contribution >= 0.6 is 11.8 Å². The summed E-state index contributed by atoms with van der Waals surface area (Å²) in [5.41, 5.74) is 1.77. The molecule has 1 fully saturated rings. The molecule has 3 rings (SSSR count). The number of hydrogen-bond donors (Lipinski definition) is 1. The van der Waals surface area contributed by atoms with E-state index in [1.165, 1.54) is 36.9 Å². The van der Waals surface area contributed by atoms with Crippen LogP contribution in [0.1, 0.15) is 15.9 Å². The molecule has 2 aromatic rings. The molecular weight excluding hydrogens is 380 g/mol. The number of amides is 1. The molecule has 0 radical (unpaired) electrons. The maximum atomic E-state index is 12.5. The molecule has 0 atom stereocenters. The summed E-state index contributed by atoms with van der Waals surface area (Å²) >= 11 is 1.24. The van der Waals surface area contributed by atoms with Crippen LogP contribution < -0.4 is 4.74 Å². The van der Waals surface area contributed by atoms with E-state index in [0.717, 1.165) is 5.56 Å². The van der Waals surface area contributed by atoms with Crippen LogP contribution in [0.3, 0.4) is 0 Å². The summed E-state index contributed by atoms with van der Waals surface area (Å²) < 4.78 is 9.77. The van der Waals surface area contributed by atoms with Gasteiger partial charge in [0.25, 0.3) is 5.91 Å². The molecule has 28 heavy (non-hydrogen) atoms. The molecule has 1 amide bonds. The van der Waals surface area contributed by atoms with Gasteiger partial charge in [-0.3, -0.25) is 9.69 Å². The van der Waals surface area contributed by atoms with Crippen molar-refractivity contribution < 1.29 is 24.2 Å². The highest BCUT2D eigenvalue weighted by Crippen LogP contribution is 2.34. The number of aromatic hydroxyl groups is 1. The van der Waals surface area contributed by atoms with Gasteiger partial charge in [-0.25, -0.2) is 9.79 Å². The van der Waals surface area contributed by atoms with Crippen LogP contribution in [0.4, 0.5) is 5.69 Å². The first-order chi connectivity index (χ1) is 13.4. The molecule has 0 spiro atoms. The monoisotopic (exact) mass is 398 g/mol. The van der Waals surface area contributed by atoms with Gasteiger partial charge in [0.1, 0.15) is 0 Å². The first-order valence-corrected chi connectivity index (χ1v) is 9.06. The normalized spacial score (nSPS) is 16.7. The van der Waals surface area contributed by atoms with E-state index < -0.39 is 5.97 Å². The molecule has 1 aliphatic rings. The lowest BCUT2D eigenvalue weighted by Gasteiger charge is -2.07. The van der Waals surface area contributed by atoms with Gasteiger partial charge >= 0.3 is 5.97 Å². The summed E-state index contributed by atoms with van der Waals surface area (Å²) in [6.45, 7) is 0. The summed E-state index contributed by atoms with van der Waals surface area (Å²) in [6.07, 6.45) is 1.72. The first-order valence-electron chi connectivity index (χ1n) is 8.24. The van der Waals surface area contributed by atoms with Crippen LogP contribution in [0.5, 0.6) is 11.5 Å². The number of benzene rings is 2. The van der Waals surface area contributed by atoms with E-state index in [1.54, 1.807) is 49.5 Å². The van der Waals surface area contributed by atoms with Crippen molar-refractivity contribution in [2.45, 2.75) is 0 Å². The van der Waals surface area contributed by atoms with Crippen molar-refractivity contribution in [3.05, 3.63) is 58.5 Å². The predicted molar refractivity (Wildman–Crippen MR) is 108 cm³/mol. The number of phenolic OH excluding ortho intramolecular Hbond substituents is 1. The second-order valence-electron chi connectivity index (χ2n) is 5.84. The summed E-state index contributed by atoms with van der Waals surface area (Å²) in [7, 11) is 4.43. The number of rotatable bonds is 4. The number of ether oxygens (including phenoxy) is 2. The van der Waals surface area contributed by atoms with Gasteiger partial charge in [0.15, 0.2) is 16.7 Å². The number of nitrogens with zero attached hydrogens (tertiary/aromatic N) is 2. The number of methoxy groups -OCH3 is 2. The van der Waals surface area contributed by atoms with Crippen molar-refractivity contribution >= 4 is 40.6 Å². The quantitative estimate of drug-likeness (QED) is 0.627. The predicted octanol–water partition coefficient (Wildman–Crippen LogP) is 3.42. The van der Waals surface area contributed by atoms with E-state index in [4.69, 9.17) is 4.74 Å². The Hall–Kier alpha value is -3.26. The first kappa shape index (κ1) is 19.5. The standard InChI is InChI=1S/C20H18N2O5S/c1-22-18(24)17(11-12-4-9-15(23)16(10-12)26-2)28-20(22)21-14-7-5-13(6-8-14)19(25)27-3/h4-11,23H,1-3H3/b17-11-,21-20?. The van der Waals surface area contributed by atoms with Crippen molar-refractivity contribution in [1.82, 2.24) is 4.90 Å². The molecule has 1 aliphatic heterocycles. The van der Waals surface area contributed by atoms with E-state index in [9.17, 15) is 14.7 Å². The summed E-state index contributed by atoms with van der Waals surface area (Å²) in [4.78, 5) is 30.5. The lowest BCUT2D eigenvalue weighted by molar-refractivity contribution is -0.121. The van der Waals surface area contributed by atoms with Gasteiger partial charge in [0.05, 0.1) is 30.4 Å². The van der Waals surface area contributed by atoms with Crippen molar-refractivity contribution in [3.8, 4) is 11.5 Å². The SMILES string of the molecule is COC(=O)c1ccc(N=C2S/C(=C\c3ccc(O)c(OC)c3)C(=O)N2C)cc1. The Morgan fingerprint density at radius 2 is 1.89 bits per heavy atom. The molecule has 0 bridgehead atoms. The van der Waals surface area contributed by atoms with Crippen molar-refractivity contribution in [2.24, 2.45) is 4.99 Å². The lowest BCUT2D eigenvalue weighted by Crippen LogP contribution is -2.23. The molecule has 7 nitrogen and oxygen atoms in total. The molecule has 144 valence electrons. The molecule has 0 aromatic heterocycles. The zero-order chi connectivity index (χ0) is 20.3. The minimum absolute atomic E-state index is 0.0322. The highest BCUT2D eigenvalue weighted by atomic mass is 32.2. The number of thioether (sulfide) groups is 1. The fraction of sp³-hybridized carbons (Fsp3) is 0.150. The van der Waals surface area contributed by atoms with E-state index in [1.807, 2.05) is 0 Å². The molecule has 0 aliphatic carbocycles. The fourth-order valence-corrected chi connectivity index (χ4v) is 3.47. The Morgan fingerprint density at radius 3 is 2.54 bits per heavy atom. The number of phenols is 1. The highest BCUT2D eigenvalue weighted by molar-refractivity contribution is 8.18. The van der Waals surface area contributed by atoms with Crippen LogP contribution in [0.2, 0.25) is 0 Å². The molecule has 1 saturated heterocycles. The van der Waals surface area contributed by atoms with E-state index in [0.29, 0.717) is 27.1 Å². The number of likely N-dealkylation sites (N-methyl/N-ethyl adjacent to an activating group) is 1. The van der Waals surface area contributed by atoms with Crippen LogP contribution in [0.25, 0.3) is 6.08 Å². The van der Waals surface area contributed by atoms with Gasteiger partial charge < -0.3 is 14.6 Å². The van der Waals surface area contributed by atoms with Gasteiger partial charge in [0.2, 0.25) is 0 Å². The third-order valence-electron chi connectivity index (χ3n) is 4.02. The van der Waals surface area contributed by atoms with Crippen molar-refractivity contribution in [1.29, 1.82) is 0 Å². The third-order valence-corrected chi connectivity index (χ3v) is 5.08. The van der Waals surface area contributed by atoms with E-state index in [2.05, 4.69) is 9.73 Å². The Kier molecular flexibility index (Phi) is 5.70. The maximum absolute atomic E-state index is 12.5. The number of carbonyl (C=O) groups is 2. The minimum atomic E-state index is -0.420. The molecular formula is C20H18N2O5S. The smallest absolute Gasteiger partial charge is 0.337 e. The molecule has 0 saturated carbocycles. The van der Waals surface area contributed by atoms with Crippen molar-refractivity contribution in [2.75, 3.05) is 21.3 Å². The second kappa shape index (κ2) is 8.18. The Morgan fingerprint density at radius 1 is 1.18 bits per heavy atom. The summed E-state index contributed by atoms with van der Waals surface area (Å²) in [5, 5.41) is 10.2. The van der Waals surface area contributed by atoms with Crippen LogP contribution in [0, 0.1) is 0 Å². The second-order valence-corrected chi connectivity index (χ2v) is 6.85. The summed E-state index contributed by atoms with van der Waals surface area (Å²) in [6, 6.07) is 11.5. The fourth-order valence-electron chi connectivity index (χ4n) is 2.49. The number of carbonyl (C=O) groups excluding carboxylic acids is 2. The Balaban J connectivity index is 1.85. The van der Waals surface area contributed by atoms with E-state index in [-0.39, 0.29) is 11.7 Å². The Labute approximate surface area is 166 Å². The van der Waals surface area contributed by atoms with Crippen molar-refractivity contribution in [3.63, 3.8) is 0 Å². The molecule has 1 N–H and O–H groups in total. The van der Waals surface area contributed by atoms with Gasteiger partial charge in [-0.1, -0.05) is 6.07 Å². The molecule has 2 aromatic carbocycles. The Bertz CT molecular complexity index is 983. The molecule has 1 heterocycles. The molecule has 0 unspecified atom stereocenters. The average Bonchev–Trinajstić information content (AvgIpc) is 2.97. The lowest BCUT2D eigenvalue weighted by atomic mass is 10.2. The maximum Gasteiger partial charge on any atom is 0.337 e. The number of hydrogen-bond acceptors (Lipinski definition) is 7. The van der Waals surface area contributed by atoms with E-state index >= 15 is 0 Å². The van der Waals surface area contributed by atoms with Gasteiger partial charge in [-0.15, -0.1) is 0 Å². The topological polar surface area (TPSA) is 88.4 Å². The minimum Gasteiger partial charge on any atom is -0.504 e. The van der Waals surface area contributed by atoms with Gasteiger partial charge in [0, 0.05) is 7.05 Å². The largest absolute Gasteiger partial charge is 0.504 e. The highest BCUT2D eigenvalue weighted by Gasteiger charge is 2.30. The van der Waals surface area contributed by atoms with Crippen LogP contribution in [-0.2, 0) is 9.53 Å². The summed E-state index contributed by atoms with van der Waals surface area (Å²) in [5.74, 6) is -0.235. The van der Waals surface area contributed by atoms with Gasteiger partial charge in [-0.05, 0) is 59.8 Å². The van der Waals surface area contributed by atoms with Crippen LogP contribution in [0.15, 0.2) is 52.4 Å². The van der Waals surface area contributed by atoms with Crippen LogP contribution in [-0.4, -0.2) is 48.3 Å². The average molecular weight is 398 g/mol. The zero-order valence-electron chi connectivity index (χ0n) is 15.5.